The van der Waals surface area contributed by atoms with Crippen LogP contribution in [-0.4, -0.2) is 45.0 Å². The van der Waals surface area contributed by atoms with E-state index in [4.69, 9.17) is 34.8 Å². The van der Waals surface area contributed by atoms with Crippen molar-refractivity contribution in [3.05, 3.63) is 39.2 Å². The van der Waals surface area contributed by atoms with Crippen molar-refractivity contribution in [2.75, 3.05) is 18.0 Å². The molecule has 3 rings (SSSR count). The number of rotatable bonds is 6. The van der Waals surface area contributed by atoms with Crippen LogP contribution in [0.3, 0.4) is 0 Å². The molecule has 1 atom stereocenters. The molecule has 3 heterocycles. The van der Waals surface area contributed by atoms with Gasteiger partial charge in [0, 0.05) is 43.5 Å². The number of amides is 1. The molecule has 1 aliphatic heterocycles. The van der Waals surface area contributed by atoms with Gasteiger partial charge in [-0.2, -0.15) is 0 Å². The summed E-state index contributed by atoms with van der Waals surface area (Å²) in [4.78, 5) is 29.4. The van der Waals surface area contributed by atoms with E-state index in [-0.39, 0.29) is 17.2 Å². The zero-order valence-electron chi connectivity index (χ0n) is 17.5. The summed E-state index contributed by atoms with van der Waals surface area (Å²) in [6, 6.07) is 3.92. The highest BCUT2D eigenvalue weighted by Gasteiger charge is 2.24. The molecule has 0 saturated carbocycles. The summed E-state index contributed by atoms with van der Waals surface area (Å²) in [7, 11) is 0. The van der Waals surface area contributed by atoms with Gasteiger partial charge in [0.15, 0.2) is 0 Å². The fourth-order valence-corrected chi connectivity index (χ4v) is 3.83. The number of carbonyl (C=O) groups is 1. The Morgan fingerprint density at radius 2 is 1.63 bits per heavy atom. The van der Waals surface area contributed by atoms with Crippen LogP contribution < -0.4 is 10.2 Å². The van der Waals surface area contributed by atoms with Crippen LogP contribution in [0.25, 0.3) is 0 Å². The van der Waals surface area contributed by atoms with Crippen LogP contribution in [0.4, 0.5) is 5.82 Å². The van der Waals surface area contributed by atoms with Gasteiger partial charge >= 0.3 is 0 Å². The van der Waals surface area contributed by atoms with Gasteiger partial charge in [0.1, 0.15) is 11.0 Å². The second-order valence-corrected chi connectivity index (χ2v) is 8.13. The Balaban J connectivity index is 0.000000248. The van der Waals surface area contributed by atoms with Crippen molar-refractivity contribution in [2.45, 2.75) is 58.9 Å². The molecule has 10 heteroatoms. The number of hydrogen-bond donors (Lipinski definition) is 1. The standard InChI is InChI=1S/C13H19ClN4O.C7H8Cl2N2/c1-3-4-10-7-12(17-13(14)16-10)18-6-5-11(8-18)15-9(2)19;1-2-3-5-4-6(8)11-7(9)10-5/h7,11H,3-6,8H2,1-2H3,(H,15,19);4H,2-3H2,1H3. The lowest BCUT2D eigenvalue weighted by atomic mass is 10.2. The number of halogens is 3. The molecule has 7 nitrogen and oxygen atoms in total. The monoisotopic (exact) mass is 472 g/mol. The molecule has 1 unspecified atom stereocenters. The third kappa shape index (κ3) is 8.20. The zero-order valence-corrected chi connectivity index (χ0v) is 19.7. The van der Waals surface area contributed by atoms with Gasteiger partial charge in [-0.1, -0.05) is 38.3 Å². The number of anilines is 1. The SMILES string of the molecule is CCCc1cc(Cl)nc(Cl)n1.CCCc1cc(N2CCC(NC(C)=O)C2)nc(Cl)n1. The predicted molar refractivity (Wildman–Crippen MR) is 122 cm³/mol. The van der Waals surface area contributed by atoms with Crippen molar-refractivity contribution in [2.24, 2.45) is 0 Å². The molecule has 1 amide bonds. The lowest BCUT2D eigenvalue weighted by molar-refractivity contribution is -0.119. The fraction of sp³-hybridized carbons (Fsp3) is 0.550. The molecule has 0 bridgehead atoms. The molecular formula is C20H27Cl3N6O. The average Bonchev–Trinajstić information content (AvgIpc) is 3.09. The second-order valence-electron chi connectivity index (χ2n) is 7.07. The summed E-state index contributed by atoms with van der Waals surface area (Å²) >= 11 is 17.2. The number of aryl methyl sites for hydroxylation is 2. The molecule has 0 radical (unpaired) electrons. The van der Waals surface area contributed by atoms with Crippen LogP contribution in [0, 0.1) is 0 Å². The first-order valence-corrected chi connectivity index (χ1v) is 11.2. The largest absolute Gasteiger partial charge is 0.354 e. The first-order chi connectivity index (χ1) is 14.3. The molecule has 0 spiro atoms. The van der Waals surface area contributed by atoms with Crippen LogP contribution in [0.2, 0.25) is 15.7 Å². The lowest BCUT2D eigenvalue weighted by Gasteiger charge is -2.18. The van der Waals surface area contributed by atoms with Crippen LogP contribution >= 0.6 is 34.8 Å². The Morgan fingerprint density at radius 3 is 2.20 bits per heavy atom. The molecule has 0 aromatic carbocycles. The van der Waals surface area contributed by atoms with E-state index >= 15 is 0 Å². The number of aromatic nitrogens is 4. The zero-order chi connectivity index (χ0) is 22.1. The predicted octanol–water partition coefficient (Wildman–Crippen LogP) is 4.53. The smallest absolute Gasteiger partial charge is 0.224 e. The van der Waals surface area contributed by atoms with Crippen LogP contribution in [0.1, 0.15) is 51.4 Å². The van der Waals surface area contributed by atoms with Gasteiger partial charge in [0.05, 0.1) is 0 Å². The normalized spacial score (nSPS) is 15.5. The summed E-state index contributed by atoms with van der Waals surface area (Å²) < 4.78 is 0. The van der Waals surface area contributed by atoms with Gasteiger partial charge in [0.2, 0.25) is 16.5 Å². The van der Waals surface area contributed by atoms with Crippen molar-refractivity contribution in [3.63, 3.8) is 0 Å². The van der Waals surface area contributed by atoms with Crippen molar-refractivity contribution in [1.29, 1.82) is 0 Å². The minimum absolute atomic E-state index is 0.0132. The number of nitrogens with zero attached hydrogens (tertiary/aromatic N) is 5. The molecule has 1 N–H and O–H groups in total. The van der Waals surface area contributed by atoms with E-state index in [1.165, 1.54) is 0 Å². The molecule has 2 aromatic rings. The van der Waals surface area contributed by atoms with Crippen LogP contribution in [0.15, 0.2) is 12.1 Å². The van der Waals surface area contributed by atoms with Gasteiger partial charge in [-0.05, 0) is 48.5 Å². The second kappa shape index (κ2) is 12.2. The fourth-order valence-electron chi connectivity index (χ4n) is 3.19. The van der Waals surface area contributed by atoms with Crippen LogP contribution in [0.5, 0.6) is 0 Å². The molecule has 1 aliphatic rings. The Kier molecular flexibility index (Phi) is 10.0. The molecular weight excluding hydrogens is 447 g/mol. The maximum Gasteiger partial charge on any atom is 0.224 e. The van der Waals surface area contributed by atoms with E-state index < -0.39 is 0 Å². The third-order valence-corrected chi connectivity index (χ3v) is 4.92. The number of carbonyl (C=O) groups excluding carboxylic acids is 1. The molecule has 164 valence electrons. The van der Waals surface area contributed by atoms with Crippen LogP contribution in [-0.2, 0) is 17.6 Å². The Labute approximate surface area is 192 Å². The number of nitrogens with one attached hydrogen (secondary N) is 1. The Morgan fingerprint density at radius 1 is 1.03 bits per heavy atom. The van der Waals surface area contributed by atoms with E-state index in [0.29, 0.717) is 10.4 Å². The van der Waals surface area contributed by atoms with Gasteiger partial charge < -0.3 is 10.2 Å². The summed E-state index contributed by atoms with van der Waals surface area (Å²) in [6.07, 6.45) is 4.79. The van der Waals surface area contributed by atoms with Crippen molar-refractivity contribution < 1.29 is 4.79 Å². The van der Waals surface area contributed by atoms with E-state index in [1.807, 2.05) is 6.07 Å². The molecule has 30 heavy (non-hydrogen) atoms. The Hall–Kier alpha value is -1.70. The van der Waals surface area contributed by atoms with E-state index in [1.54, 1.807) is 13.0 Å². The van der Waals surface area contributed by atoms with Crippen molar-refractivity contribution >= 4 is 46.5 Å². The first kappa shape index (κ1) is 24.6. The summed E-state index contributed by atoms with van der Waals surface area (Å²) in [5, 5.41) is 3.87. The highest BCUT2D eigenvalue weighted by molar-refractivity contribution is 6.31. The Bertz CT molecular complexity index is 831. The van der Waals surface area contributed by atoms with Crippen molar-refractivity contribution in [1.82, 2.24) is 25.3 Å². The van der Waals surface area contributed by atoms with E-state index in [2.05, 4.69) is 44.0 Å². The summed E-state index contributed by atoms with van der Waals surface area (Å²) in [6.45, 7) is 7.38. The van der Waals surface area contributed by atoms with Gasteiger partial charge in [0.25, 0.3) is 0 Å². The highest BCUT2D eigenvalue weighted by atomic mass is 35.5. The maximum atomic E-state index is 11.1. The number of hydrogen-bond acceptors (Lipinski definition) is 6. The van der Waals surface area contributed by atoms with E-state index in [0.717, 1.165) is 62.4 Å². The minimum atomic E-state index is 0.0132. The highest BCUT2D eigenvalue weighted by Crippen LogP contribution is 2.21. The van der Waals surface area contributed by atoms with E-state index in [9.17, 15) is 4.79 Å². The quantitative estimate of drug-likeness (QED) is 0.490. The van der Waals surface area contributed by atoms with Gasteiger partial charge in [-0.15, -0.1) is 0 Å². The first-order valence-electron chi connectivity index (χ1n) is 10.0. The lowest BCUT2D eigenvalue weighted by Crippen LogP contribution is -2.35. The molecule has 0 aliphatic carbocycles. The maximum absolute atomic E-state index is 11.1. The summed E-state index contributed by atoms with van der Waals surface area (Å²) in [5.41, 5.74) is 1.87. The van der Waals surface area contributed by atoms with Gasteiger partial charge in [-0.25, -0.2) is 19.9 Å². The molecule has 2 aromatic heterocycles. The molecule has 1 fully saturated rings. The topological polar surface area (TPSA) is 83.9 Å². The summed E-state index contributed by atoms with van der Waals surface area (Å²) in [5.74, 6) is 0.871. The minimum Gasteiger partial charge on any atom is -0.354 e. The van der Waals surface area contributed by atoms with Gasteiger partial charge in [-0.3, -0.25) is 4.79 Å². The average molecular weight is 474 g/mol. The third-order valence-electron chi connectivity index (χ3n) is 4.39. The van der Waals surface area contributed by atoms with Crippen molar-refractivity contribution in [3.8, 4) is 0 Å². The molecule has 1 saturated heterocycles.